The molecule has 2 unspecified atom stereocenters. The molecule has 1 aliphatic rings. The van der Waals surface area contributed by atoms with Gasteiger partial charge in [-0.15, -0.1) is 0 Å². The molecule has 1 fully saturated rings. The fourth-order valence-corrected chi connectivity index (χ4v) is 3.30. The maximum absolute atomic E-state index is 12.7. The minimum atomic E-state index is -0.737. The minimum absolute atomic E-state index is 0.0900. The molecule has 0 aliphatic carbocycles. The van der Waals surface area contributed by atoms with Crippen LogP contribution in [0.3, 0.4) is 0 Å². The number of nitrogens with zero attached hydrogens (tertiary/aromatic N) is 3. The van der Waals surface area contributed by atoms with Crippen molar-refractivity contribution in [2.75, 3.05) is 13.1 Å². The summed E-state index contributed by atoms with van der Waals surface area (Å²) in [6, 6.07) is 0.331. The van der Waals surface area contributed by atoms with E-state index in [1.807, 2.05) is 24.2 Å². The quantitative estimate of drug-likeness (QED) is 0.904. The molecule has 0 spiro atoms. The second-order valence-corrected chi connectivity index (χ2v) is 6.32. The molecule has 0 aromatic carbocycles. The van der Waals surface area contributed by atoms with Crippen LogP contribution < -0.4 is 5.73 Å². The van der Waals surface area contributed by atoms with Gasteiger partial charge < -0.3 is 15.2 Å². The number of imidazole rings is 1. The molecule has 1 amide bonds. The third-order valence-electron chi connectivity index (χ3n) is 4.40. The first kappa shape index (κ1) is 16.0. The standard InChI is InChI=1S/C16H28N4O/c1-4-8-16(3,17)15(21)19-10-6-7-13(12-19)20-11-9-18-14(20)5-2/h9,11,13H,4-8,10,12,17H2,1-3H3. The van der Waals surface area contributed by atoms with E-state index >= 15 is 0 Å². The Hall–Kier alpha value is -1.36. The smallest absolute Gasteiger partial charge is 0.242 e. The summed E-state index contributed by atoms with van der Waals surface area (Å²) >= 11 is 0. The summed E-state index contributed by atoms with van der Waals surface area (Å²) in [6.45, 7) is 7.61. The third-order valence-corrected chi connectivity index (χ3v) is 4.40. The molecule has 0 bridgehead atoms. The number of aromatic nitrogens is 2. The Bertz CT molecular complexity index is 480. The van der Waals surface area contributed by atoms with Crippen molar-refractivity contribution >= 4 is 5.91 Å². The average molecular weight is 292 g/mol. The van der Waals surface area contributed by atoms with E-state index in [1.54, 1.807) is 0 Å². The lowest BCUT2D eigenvalue weighted by Crippen LogP contribution is -2.55. The molecular formula is C16H28N4O. The summed E-state index contributed by atoms with van der Waals surface area (Å²) in [5.74, 6) is 1.19. The lowest BCUT2D eigenvalue weighted by Gasteiger charge is -2.38. The zero-order chi connectivity index (χ0) is 15.5. The van der Waals surface area contributed by atoms with Crippen molar-refractivity contribution in [1.29, 1.82) is 0 Å². The summed E-state index contributed by atoms with van der Waals surface area (Å²) < 4.78 is 2.23. The lowest BCUT2D eigenvalue weighted by molar-refractivity contribution is -0.138. The number of carbonyl (C=O) groups excluding carboxylic acids is 1. The summed E-state index contributed by atoms with van der Waals surface area (Å²) in [6.07, 6.45) is 8.59. The van der Waals surface area contributed by atoms with Crippen molar-refractivity contribution in [2.24, 2.45) is 5.73 Å². The van der Waals surface area contributed by atoms with E-state index in [4.69, 9.17) is 5.73 Å². The largest absolute Gasteiger partial charge is 0.339 e. The van der Waals surface area contributed by atoms with Gasteiger partial charge in [-0.3, -0.25) is 4.79 Å². The number of aryl methyl sites for hydroxylation is 1. The molecule has 0 radical (unpaired) electrons. The Labute approximate surface area is 127 Å². The van der Waals surface area contributed by atoms with Crippen LogP contribution in [0.4, 0.5) is 0 Å². The van der Waals surface area contributed by atoms with Gasteiger partial charge in [0.25, 0.3) is 0 Å². The highest BCUT2D eigenvalue weighted by Crippen LogP contribution is 2.25. The minimum Gasteiger partial charge on any atom is -0.339 e. The maximum atomic E-state index is 12.7. The van der Waals surface area contributed by atoms with Gasteiger partial charge in [0.1, 0.15) is 5.82 Å². The highest BCUT2D eigenvalue weighted by Gasteiger charge is 2.34. The first-order valence-corrected chi connectivity index (χ1v) is 8.09. The Balaban J connectivity index is 2.09. The van der Waals surface area contributed by atoms with Gasteiger partial charge in [-0.1, -0.05) is 20.3 Å². The van der Waals surface area contributed by atoms with E-state index in [9.17, 15) is 4.79 Å². The predicted octanol–water partition coefficient (Wildman–Crippen LogP) is 2.13. The van der Waals surface area contributed by atoms with E-state index in [1.165, 1.54) is 0 Å². The number of rotatable bonds is 5. The zero-order valence-electron chi connectivity index (χ0n) is 13.5. The number of amides is 1. The Morgan fingerprint density at radius 2 is 2.29 bits per heavy atom. The van der Waals surface area contributed by atoms with Crippen molar-refractivity contribution < 1.29 is 4.79 Å². The third kappa shape index (κ3) is 3.46. The lowest BCUT2D eigenvalue weighted by atomic mass is 9.94. The molecule has 1 aromatic heterocycles. The Morgan fingerprint density at radius 1 is 1.52 bits per heavy atom. The first-order valence-electron chi connectivity index (χ1n) is 8.09. The monoisotopic (exact) mass is 292 g/mol. The molecule has 5 nitrogen and oxygen atoms in total. The highest BCUT2D eigenvalue weighted by molar-refractivity contribution is 5.85. The van der Waals surface area contributed by atoms with Crippen LogP contribution in [0.25, 0.3) is 0 Å². The van der Waals surface area contributed by atoms with Gasteiger partial charge in [0.15, 0.2) is 0 Å². The SMILES string of the molecule is CCCC(C)(N)C(=O)N1CCCC(n2ccnc2CC)C1. The topological polar surface area (TPSA) is 64.2 Å². The van der Waals surface area contributed by atoms with Crippen molar-refractivity contribution in [3.8, 4) is 0 Å². The number of likely N-dealkylation sites (tertiary alicyclic amines) is 1. The van der Waals surface area contributed by atoms with E-state index in [-0.39, 0.29) is 5.91 Å². The van der Waals surface area contributed by atoms with Gasteiger partial charge in [0.05, 0.1) is 11.6 Å². The Morgan fingerprint density at radius 3 is 2.95 bits per heavy atom. The molecule has 1 aromatic rings. The number of hydrogen-bond donors (Lipinski definition) is 1. The molecule has 2 rings (SSSR count). The van der Waals surface area contributed by atoms with Gasteiger partial charge in [0.2, 0.25) is 5.91 Å². The molecule has 2 heterocycles. The summed E-state index contributed by atoms with van der Waals surface area (Å²) in [4.78, 5) is 19.0. The van der Waals surface area contributed by atoms with Crippen LogP contribution in [0.2, 0.25) is 0 Å². The molecule has 118 valence electrons. The highest BCUT2D eigenvalue weighted by atomic mass is 16.2. The van der Waals surface area contributed by atoms with Crippen molar-refractivity contribution in [1.82, 2.24) is 14.5 Å². The van der Waals surface area contributed by atoms with Gasteiger partial charge in [-0.25, -0.2) is 4.98 Å². The predicted molar refractivity (Wildman–Crippen MR) is 84.0 cm³/mol. The van der Waals surface area contributed by atoms with Crippen LogP contribution in [-0.2, 0) is 11.2 Å². The fraction of sp³-hybridized carbons (Fsp3) is 0.750. The number of piperidine rings is 1. The van der Waals surface area contributed by atoms with E-state index < -0.39 is 5.54 Å². The normalized spacial score (nSPS) is 22.1. The summed E-state index contributed by atoms with van der Waals surface area (Å²) in [5.41, 5.74) is 5.47. The van der Waals surface area contributed by atoms with Gasteiger partial charge >= 0.3 is 0 Å². The van der Waals surface area contributed by atoms with Crippen LogP contribution in [0.1, 0.15) is 58.3 Å². The van der Waals surface area contributed by atoms with Crippen LogP contribution in [-0.4, -0.2) is 39.0 Å². The molecule has 2 N–H and O–H groups in total. The second kappa shape index (κ2) is 6.60. The van der Waals surface area contributed by atoms with Gasteiger partial charge in [0, 0.05) is 31.9 Å². The van der Waals surface area contributed by atoms with Gasteiger partial charge in [-0.2, -0.15) is 0 Å². The van der Waals surface area contributed by atoms with Crippen LogP contribution in [0, 0.1) is 0 Å². The van der Waals surface area contributed by atoms with Crippen molar-refractivity contribution in [3.63, 3.8) is 0 Å². The van der Waals surface area contributed by atoms with Crippen LogP contribution >= 0.6 is 0 Å². The molecule has 1 aliphatic heterocycles. The second-order valence-electron chi connectivity index (χ2n) is 6.32. The summed E-state index contributed by atoms with van der Waals surface area (Å²) in [7, 11) is 0. The van der Waals surface area contributed by atoms with Crippen LogP contribution in [0.15, 0.2) is 12.4 Å². The zero-order valence-corrected chi connectivity index (χ0v) is 13.5. The van der Waals surface area contributed by atoms with Gasteiger partial charge in [-0.05, 0) is 26.2 Å². The number of hydrogen-bond acceptors (Lipinski definition) is 3. The molecule has 0 saturated carbocycles. The van der Waals surface area contributed by atoms with E-state index in [2.05, 4.69) is 23.4 Å². The van der Waals surface area contributed by atoms with Crippen molar-refractivity contribution in [2.45, 2.75) is 64.5 Å². The Kier molecular flexibility index (Phi) is 5.04. The molecule has 2 atom stereocenters. The van der Waals surface area contributed by atoms with Crippen molar-refractivity contribution in [3.05, 3.63) is 18.2 Å². The number of nitrogens with two attached hydrogens (primary N) is 1. The maximum Gasteiger partial charge on any atom is 0.242 e. The summed E-state index contributed by atoms with van der Waals surface area (Å²) in [5, 5.41) is 0. The fourth-order valence-electron chi connectivity index (χ4n) is 3.30. The average Bonchev–Trinajstić information content (AvgIpc) is 2.95. The first-order chi connectivity index (χ1) is 9.99. The molecule has 1 saturated heterocycles. The van der Waals surface area contributed by atoms with E-state index in [0.29, 0.717) is 6.04 Å². The molecule has 5 heteroatoms. The molecule has 21 heavy (non-hydrogen) atoms. The van der Waals surface area contributed by atoms with Crippen LogP contribution in [0.5, 0.6) is 0 Å². The number of carbonyl (C=O) groups is 1. The molecular weight excluding hydrogens is 264 g/mol. The van der Waals surface area contributed by atoms with E-state index in [0.717, 1.165) is 51.0 Å².